The molecule has 2 rings (SSSR count). The maximum Gasteiger partial charge on any atom is 0.274 e. The van der Waals surface area contributed by atoms with Crippen molar-refractivity contribution in [1.29, 1.82) is 0 Å². The topological polar surface area (TPSA) is 101 Å². The van der Waals surface area contributed by atoms with Gasteiger partial charge in [-0.25, -0.2) is 0 Å². The molecular weight excluding hydrogens is 322 g/mol. The first-order valence-corrected chi connectivity index (χ1v) is 7.82. The van der Waals surface area contributed by atoms with Crippen LogP contribution in [0.5, 0.6) is 0 Å². The number of hydrogen-bond donors (Lipinski definition) is 2. The van der Waals surface area contributed by atoms with E-state index in [1.54, 1.807) is 13.0 Å². The van der Waals surface area contributed by atoms with Crippen LogP contribution in [0.2, 0.25) is 0 Å². The van der Waals surface area contributed by atoms with Crippen LogP contribution in [0.4, 0.5) is 11.4 Å². The van der Waals surface area contributed by atoms with Crippen molar-refractivity contribution in [3.8, 4) is 0 Å². The lowest BCUT2D eigenvalue weighted by Crippen LogP contribution is -2.29. The molecule has 2 amide bonds. The average molecular weight is 341 g/mol. The molecule has 2 aromatic carbocycles. The van der Waals surface area contributed by atoms with E-state index in [4.69, 9.17) is 0 Å². The first kappa shape index (κ1) is 18.1. The molecule has 0 aromatic heterocycles. The molecule has 0 unspecified atom stereocenters. The summed E-state index contributed by atoms with van der Waals surface area (Å²) in [6.07, 6.45) is 0.342. The predicted octanol–water partition coefficient (Wildman–Crippen LogP) is 2.59. The van der Waals surface area contributed by atoms with Crippen molar-refractivity contribution in [3.63, 3.8) is 0 Å². The first-order valence-electron chi connectivity index (χ1n) is 7.82. The van der Waals surface area contributed by atoms with Crippen LogP contribution in [0.3, 0.4) is 0 Å². The van der Waals surface area contributed by atoms with E-state index < -0.39 is 4.92 Å². The Kier molecular flexibility index (Phi) is 6.22. The maximum absolute atomic E-state index is 12.0. The highest BCUT2D eigenvalue weighted by Gasteiger charge is 2.14. The number of amides is 2. The van der Waals surface area contributed by atoms with Gasteiger partial charge in [0.2, 0.25) is 11.8 Å². The Morgan fingerprint density at radius 2 is 1.76 bits per heavy atom. The van der Waals surface area contributed by atoms with E-state index in [1.807, 2.05) is 30.3 Å². The summed E-state index contributed by atoms with van der Waals surface area (Å²) in [4.78, 5) is 34.2. The number of carbonyl (C=O) groups is 2. The van der Waals surface area contributed by atoms with E-state index in [0.717, 1.165) is 5.56 Å². The Labute approximate surface area is 145 Å². The molecular formula is C18H19N3O4. The summed E-state index contributed by atoms with van der Waals surface area (Å²) in [5.74, 6) is -0.478. The van der Waals surface area contributed by atoms with E-state index >= 15 is 0 Å². The van der Waals surface area contributed by atoms with E-state index in [0.29, 0.717) is 11.3 Å². The molecule has 7 nitrogen and oxygen atoms in total. The molecule has 0 fully saturated rings. The van der Waals surface area contributed by atoms with Crippen LogP contribution in [-0.2, 0) is 16.0 Å². The number of rotatable bonds is 7. The van der Waals surface area contributed by atoms with Crippen LogP contribution < -0.4 is 10.6 Å². The number of nitro groups is 1. The summed E-state index contributed by atoms with van der Waals surface area (Å²) >= 11 is 0. The fourth-order valence-electron chi connectivity index (χ4n) is 2.33. The molecule has 0 radical (unpaired) electrons. The Bertz CT molecular complexity index is 775. The lowest BCUT2D eigenvalue weighted by molar-refractivity contribution is -0.385. The molecule has 0 atom stereocenters. The van der Waals surface area contributed by atoms with E-state index in [1.165, 1.54) is 12.1 Å². The number of carbonyl (C=O) groups excluding carboxylic acids is 2. The minimum absolute atomic E-state index is 0.0473. The Morgan fingerprint density at radius 1 is 1.04 bits per heavy atom. The van der Waals surface area contributed by atoms with Gasteiger partial charge >= 0.3 is 0 Å². The van der Waals surface area contributed by atoms with Gasteiger partial charge in [-0.3, -0.25) is 19.7 Å². The van der Waals surface area contributed by atoms with Gasteiger partial charge in [-0.05, 0) is 18.6 Å². The monoisotopic (exact) mass is 341 g/mol. The van der Waals surface area contributed by atoms with Crippen molar-refractivity contribution in [2.24, 2.45) is 0 Å². The van der Waals surface area contributed by atoms with Crippen LogP contribution in [-0.4, -0.2) is 23.3 Å². The van der Waals surface area contributed by atoms with Crippen molar-refractivity contribution in [2.45, 2.75) is 19.8 Å². The van der Waals surface area contributed by atoms with Crippen LogP contribution in [0, 0.1) is 17.0 Å². The van der Waals surface area contributed by atoms with Gasteiger partial charge in [0.25, 0.3) is 5.69 Å². The zero-order valence-electron chi connectivity index (χ0n) is 13.8. The number of anilines is 1. The lowest BCUT2D eigenvalue weighted by Gasteiger charge is -2.09. The summed E-state index contributed by atoms with van der Waals surface area (Å²) < 4.78 is 0. The highest BCUT2D eigenvalue weighted by atomic mass is 16.6. The van der Waals surface area contributed by atoms with Gasteiger partial charge in [0.15, 0.2) is 0 Å². The number of benzene rings is 2. The summed E-state index contributed by atoms with van der Waals surface area (Å²) in [7, 11) is 0. The molecule has 0 saturated carbocycles. The summed E-state index contributed by atoms with van der Waals surface area (Å²) in [5, 5.41) is 16.2. The molecule has 0 heterocycles. The van der Waals surface area contributed by atoms with Gasteiger partial charge < -0.3 is 10.6 Å². The van der Waals surface area contributed by atoms with Crippen LogP contribution in [0.25, 0.3) is 0 Å². The normalized spacial score (nSPS) is 10.1. The van der Waals surface area contributed by atoms with Gasteiger partial charge in [-0.2, -0.15) is 0 Å². The van der Waals surface area contributed by atoms with Crippen LogP contribution >= 0.6 is 0 Å². The van der Waals surface area contributed by atoms with Crippen LogP contribution in [0.15, 0.2) is 48.5 Å². The first-order chi connectivity index (χ1) is 12.0. The quantitative estimate of drug-likeness (QED) is 0.597. The van der Waals surface area contributed by atoms with E-state index in [9.17, 15) is 19.7 Å². The Balaban J connectivity index is 1.80. The summed E-state index contributed by atoms with van der Waals surface area (Å²) in [6, 6.07) is 13.8. The van der Waals surface area contributed by atoms with Crippen molar-refractivity contribution in [3.05, 3.63) is 69.8 Å². The minimum Gasteiger partial charge on any atom is -0.355 e. The predicted molar refractivity (Wildman–Crippen MR) is 94.2 cm³/mol. The second-order valence-electron chi connectivity index (χ2n) is 5.52. The molecule has 0 spiro atoms. The van der Waals surface area contributed by atoms with Crippen molar-refractivity contribution in [2.75, 3.05) is 11.9 Å². The summed E-state index contributed by atoms with van der Waals surface area (Å²) in [5.41, 5.74) is 1.65. The van der Waals surface area contributed by atoms with Gasteiger partial charge in [-0.1, -0.05) is 36.4 Å². The molecule has 7 heteroatoms. The molecule has 2 N–H and O–H groups in total. The third-order valence-corrected chi connectivity index (χ3v) is 3.66. The third kappa shape index (κ3) is 5.42. The molecule has 130 valence electrons. The second-order valence-corrected chi connectivity index (χ2v) is 5.52. The number of nitrogens with zero attached hydrogens (tertiary/aromatic N) is 1. The minimum atomic E-state index is -0.491. The number of nitrogens with one attached hydrogen (secondary N) is 2. The van der Waals surface area contributed by atoms with Crippen molar-refractivity contribution < 1.29 is 14.5 Å². The molecule has 0 bridgehead atoms. The fourth-order valence-corrected chi connectivity index (χ4v) is 2.33. The third-order valence-electron chi connectivity index (χ3n) is 3.66. The highest BCUT2D eigenvalue weighted by Crippen LogP contribution is 2.24. The summed E-state index contributed by atoms with van der Waals surface area (Å²) in [6.45, 7) is 1.78. The SMILES string of the molecule is Cc1c(NC(=O)CCNC(=O)Cc2ccccc2)cccc1[N+](=O)[O-]. The van der Waals surface area contributed by atoms with Gasteiger partial charge in [-0.15, -0.1) is 0 Å². The van der Waals surface area contributed by atoms with Gasteiger partial charge in [0, 0.05) is 19.0 Å². The molecule has 0 aliphatic carbocycles. The molecule has 2 aromatic rings. The number of hydrogen-bond acceptors (Lipinski definition) is 4. The molecule has 0 aliphatic heterocycles. The van der Waals surface area contributed by atoms with E-state index in [2.05, 4.69) is 10.6 Å². The zero-order valence-corrected chi connectivity index (χ0v) is 13.8. The van der Waals surface area contributed by atoms with Gasteiger partial charge in [0.05, 0.1) is 22.6 Å². The largest absolute Gasteiger partial charge is 0.355 e. The Morgan fingerprint density at radius 3 is 2.44 bits per heavy atom. The van der Waals surface area contributed by atoms with Crippen molar-refractivity contribution in [1.82, 2.24) is 5.32 Å². The number of nitro benzene ring substituents is 1. The van der Waals surface area contributed by atoms with Crippen molar-refractivity contribution >= 4 is 23.2 Å². The fraction of sp³-hybridized carbons (Fsp3) is 0.222. The second kappa shape index (κ2) is 8.58. The molecule has 0 aliphatic rings. The maximum atomic E-state index is 12.0. The molecule has 25 heavy (non-hydrogen) atoms. The van der Waals surface area contributed by atoms with E-state index in [-0.39, 0.29) is 36.9 Å². The average Bonchev–Trinajstić information content (AvgIpc) is 2.57. The smallest absolute Gasteiger partial charge is 0.274 e. The molecule has 0 saturated heterocycles. The highest BCUT2D eigenvalue weighted by molar-refractivity contribution is 5.92. The van der Waals surface area contributed by atoms with Gasteiger partial charge in [0.1, 0.15) is 0 Å². The van der Waals surface area contributed by atoms with Crippen LogP contribution in [0.1, 0.15) is 17.5 Å². The standard InChI is InChI=1S/C18H19N3O4/c1-13-15(8-5-9-16(13)21(24)25)20-17(22)10-11-19-18(23)12-14-6-3-2-4-7-14/h2-9H,10-12H2,1H3,(H,19,23)(H,20,22). The lowest BCUT2D eigenvalue weighted by atomic mass is 10.1. The Hall–Kier alpha value is -3.22. The zero-order chi connectivity index (χ0) is 18.2.